The van der Waals surface area contributed by atoms with Crippen molar-refractivity contribution >= 4 is 22.3 Å². The van der Waals surface area contributed by atoms with Crippen LogP contribution in [-0.2, 0) is 0 Å². The molecular weight excluding hydrogens is 719 g/mol. The number of rotatable bonds is 8. The van der Waals surface area contributed by atoms with Gasteiger partial charge in [0.15, 0.2) is 5.82 Å². The summed E-state index contributed by atoms with van der Waals surface area (Å²) in [5.74, 6) is 0.657. The molecule has 0 spiro atoms. The van der Waals surface area contributed by atoms with Gasteiger partial charge in [-0.05, 0) is 87.5 Å². The molecule has 1 atom stereocenters. The molecular formula is C54H39N5. The van der Waals surface area contributed by atoms with Gasteiger partial charge in [-0.1, -0.05) is 158 Å². The molecule has 0 N–H and O–H groups in total. The molecule has 280 valence electrons. The van der Waals surface area contributed by atoms with E-state index in [1.165, 1.54) is 0 Å². The number of aliphatic imine (C=N–C) groups is 1. The lowest BCUT2D eigenvalue weighted by Crippen LogP contribution is -2.27. The lowest BCUT2D eigenvalue weighted by atomic mass is 9.95. The van der Waals surface area contributed by atoms with Crippen LogP contribution < -0.4 is 0 Å². The molecule has 5 nitrogen and oxygen atoms in total. The molecule has 59 heavy (non-hydrogen) atoms. The van der Waals surface area contributed by atoms with Gasteiger partial charge in [-0.2, -0.15) is 0 Å². The Morgan fingerprint density at radius 3 is 1.69 bits per heavy atom. The number of nitrogens with zero attached hydrogens (tertiary/aromatic N) is 5. The van der Waals surface area contributed by atoms with Gasteiger partial charge in [-0.3, -0.25) is 9.98 Å². The number of benzene rings is 7. The van der Waals surface area contributed by atoms with Gasteiger partial charge in [0, 0.05) is 41.0 Å². The molecule has 7 aromatic carbocycles. The minimum atomic E-state index is -0.210. The number of pyridine rings is 1. The molecule has 0 radical (unpaired) electrons. The first-order chi connectivity index (χ1) is 29.1. The van der Waals surface area contributed by atoms with E-state index >= 15 is 0 Å². The zero-order chi connectivity index (χ0) is 39.5. The molecule has 0 saturated carbocycles. The maximum absolute atomic E-state index is 5.31. The van der Waals surface area contributed by atoms with E-state index in [2.05, 4.69) is 182 Å². The number of fused-ring (bicyclic) bond motifs is 1. The van der Waals surface area contributed by atoms with Crippen molar-refractivity contribution < 1.29 is 0 Å². The van der Waals surface area contributed by atoms with Crippen molar-refractivity contribution in [2.45, 2.75) is 6.17 Å². The number of hydrogen-bond acceptors (Lipinski definition) is 5. The Balaban J connectivity index is 1.08. The fraction of sp³-hybridized carbons (Fsp3) is 0.0370. The normalized spacial score (nSPS) is 13.8. The topological polar surface area (TPSA) is 54.3 Å². The van der Waals surface area contributed by atoms with Gasteiger partial charge in [-0.25, -0.2) is 9.97 Å². The Morgan fingerprint density at radius 1 is 0.441 bits per heavy atom. The van der Waals surface area contributed by atoms with Crippen LogP contribution in [0.5, 0.6) is 0 Å². The summed E-state index contributed by atoms with van der Waals surface area (Å²) in [6.45, 7) is 0. The van der Waals surface area contributed by atoms with Crippen LogP contribution in [0.1, 0.15) is 22.9 Å². The first-order valence-corrected chi connectivity index (χ1v) is 19.9. The van der Waals surface area contributed by atoms with Crippen molar-refractivity contribution in [3.05, 3.63) is 229 Å². The molecule has 1 aliphatic rings. The van der Waals surface area contributed by atoms with Crippen molar-refractivity contribution in [3.8, 4) is 56.2 Å². The van der Waals surface area contributed by atoms with Crippen LogP contribution in [-0.4, -0.2) is 32.6 Å². The molecule has 0 saturated heterocycles. The van der Waals surface area contributed by atoms with E-state index in [4.69, 9.17) is 19.9 Å². The summed E-state index contributed by atoms with van der Waals surface area (Å²) in [6, 6.07) is 69.7. The summed E-state index contributed by atoms with van der Waals surface area (Å²) < 4.78 is 0. The van der Waals surface area contributed by atoms with Crippen LogP contribution >= 0.6 is 0 Å². The maximum atomic E-state index is 5.31. The third kappa shape index (κ3) is 7.22. The quantitative estimate of drug-likeness (QED) is 0.155. The van der Waals surface area contributed by atoms with Crippen LogP contribution in [0.25, 0.3) is 72.8 Å². The minimum absolute atomic E-state index is 0.210. The van der Waals surface area contributed by atoms with Crippen LogP contribution in [0.2, 0.25) is 0 Å². The molecule has 1 aliphatic heterocycles. The highest BCUT2D eigenvalue weighted by Crippen LogP contribution is 2.38. The molecule has 3 heterocycles. The van der Waals surface area contributed by atoms with Crippen molar-refractivity contribution in [2.75, 3.05) is 7.05 Å². The Labute approximate surface area is 344 Å². The van der Waals surface area contributed by atoms with Gasteiger partial charge in [-0.15, -0.1) is 0 Å². The van der Waals surface area contributed by atoms with Gasteiger partial charge in [0.1, 0.15) is 6.17 Å². The van der Waals surface area contributed by atoms with Gasteiger partial charge in [0.25, 0.3) is 0 Å². The van der Waals surface area contributed by atoms with Crippen LogP contribution in [0.15, 0.2) is 217 Å². The number of aromatic nitrogens is 3. The van der Waals surface area contributed by atoms with Crippen LogP contribution in [0.3, 0.4) is 0 Å². The smallest absolute Gasteiger partial charge is 0.160 e. The molecule has 9 aromatic rings. The van der Waals surface area contributed by atoms with E-state index < -0.39 is 0 Å². The largest absolute Gasteiger partial charge is 0.349 e. The summed E-state index contributed by atoms with van der Waals surface area (Å²) in [6.07, 6.45) is 3.82. The van der Waals surface area contributed by atoms with Crippen molar-refractivity contribution in [3.63, 3.8) is 0 Å². The second-order valence-electron chi connectivity index (χ2n) is 14.8. The van der Waals surface area contributed by atoms with Gasteiger partial charge >= 0.3 is 0 Å². The summed E-state index contributed by atoms with van der Waals surface area (Å²) >= 11 is 0. The van der Waals surface area contributed by atoms with Crippen LogP contribution in [0.4, 0.5) is 0 Å². The van der Waals surface area contributed by atoms with Crippen molar-refractivity contribution in [1.82, 2.24) is 19.9 Å². The highest BCUT2D eigenvalue weighted by Gasteiger charge is 2.25. The first kappa shape index (κ1) is 35.6. The van der Waals surface area contributed by atoms with Gasteiger partial charge in [0.05, 0.1) is 22.6 Å². The molecule has 10 rings (SSSR count). The zero-order valence-corrected chi connectivity index (χ0v) is 32.5. The summed E-state index contributed by atoms with van der Waals surface area (Å²) in [5, 5.41) is 1.01. The number of hydrogen-bond donors (Lipinski definition) is 0. The highest BCUT2D eigenvalue weighted by molar-refractivity contribution is 6.13. The van der Waals surface area contributed by atoms with Crippen molar-refractivity contribution in [2.24, 2.45) is 4.99 Å². The second-order valence-corrected chi connectivity index (χ2v) is 14.8. The lowest BCUT2D eigenvalue weighted by molar-refractivity contribution is 0.364. The minimum Gasteiger partial charge on any atom is -0.349 e. The van der Waals surface area contributed by atoms with E-state index in [1.807, 2.05) is 42.6 Å². The summed E-state index contributed by atoms with van der Waals surface area (Å²) in [5.41, 5.74) is 15.4. The summed E-state index contributed by atoms with van der Waals surface area (Å²) in [7, 11) is 2.13. The Bertz CT molecular complexity index is 2960. The maximum Gasteiger partial charge on any atom is 0.160 e. The Kier molecular flexibility index (Phi) is 9.45. The number of allylic oxidation sites excluding steroid dienone is 1. The summed E-state index contributed by atoms with van der Waals surface area (Å²) in [4.78, 5) is 22.9. The average Bonchev–Trinajstić information content (AvgIpc) is 3.32. The fourth-order valence-corrected chi connectivity index (χ4v) is 7.92. The lowest BCUT2D eigenvalue weighted by Gasteiger charge is -2.34. The monoisotopic (exact) mass is 757 g/mol. The molecule has 5 heteroatoms. The first-order valence-electron chi connectivity index (χ1n) is 19.9. The fourth-order valence-electron chi connectivity index (χ4n) is 7.92. The molecule has 0 amide bonds. The third-order valence-electron chi connectivity index (χ3n) is 11.0. The predicted molar refractivity (Wildman–Crippen MR) is 242 cm³/mol. The molecule has 0 aliphatic carbocycles. The SMILES string of the molecule is CN1C(c2ccccc2)=CC(c2ccccc2)=NC1c1ccc(-c2cc(-c3ccccn3)cc(-c3nc(-c4ccccc4)c4ccc(-c5ccccc5)cc4n3)c2)cc1. The standard InChI is InChI=1S/C54H39N5/c1-59-51(40-20-10-4-11-21-40)36-49(39-18-8-3-9-19-39)57-54(59)42-27-25-38(26-28-42)44-32-45(48-24-14-15-31-55-48)34-46(33-44)53-56-50-35-43(37-16-6-2-7-17-37)29-30-47(50)52(58-53)41-22-12-5-13-23-41/h2-36,54H,1H3. The van der Waals surface area contributed by atoms with Gasteiger partial charge < -0.3 is 4.90 Å². The van der Waals surface area contributed by atoms with E-state index in [-0.39, 0.29) is 6.17 Å². The third-order valence-corrected chi connectivity index (χ3v) is 11.0. The average molecular weight is 758 g/mol. The van der Waals surface area contributed by atoms with Gasteiger partial charge in [0.2, 0.25) is 0 Å². The molecule has 2 aromatic heterocycles. The molecule has 1 unspecified atom stereocenters. The predicted octanol–water partition coefficient (Wildman–Crippen LogP) is 12.8. The van der Waals surface area contributed by atoms with E-state index in [9.17, 15) is 0 Å². The van der Waals surface area contributed by atoms with Crippen LogP contribution in [0, 0.1) is 0 Å². The zero-order valence-electron chi connectivity index (χ0n) is 32.5. The Morgan fingerprint density at radius 2 is 1.02 bits per heavy atom. The van der Waals surface area contributed by atoms with E-state index in [1.54, 1.807) is 0 Å². The second kappa shape index (κ2) is 15.6. The van der Waals surface area contributed by atoms with Crippen molar-refractivity contribution in [1.29, 1.82) is 0 Å². The Hall–Kier alpha value is -7.76. The molecule has 0 bridgehead atoms. The highest BCUT2D eigenvalue weighted by atomic mass is 15.2. The van der Waals surface area contributed by atoms with E-state index in [0.717, 1.165) is 89.3 Å². The van der Waals surface area contributed by atoms with E-state index in [0.29, 0.717) is 5.82 Å². The molecule has 0 fully saturated rings.